The number of hydrogen-bond donors (Lipinski definition) is 9. The van der Waals surface area contributed by atoms with Gasteiger partial charge >= 0.3 is 12.1 Å². The number of ether oxygens (including phenoxy) is 3. The van der Waals surface area contributed by atoms with Gasteiger partial charge in [-0.25, -0.2) is 0 Å². The molecule has 0 radical (unpaired) electrons. The zero-order chi connectivity index (χ0) is 21.7. The molecule has 12 nitrogen and oxygen atoms in total. The van der Waals surface area contributed by atoms with Crippen LogP contribution in [0.25, 0.3) is 0 Å². The smallest absolute Gasteiger partial charge is 0.394 e. The molecule has 10 atom stereocenters. The van der Waals surface area contributed by atoms with Crippen LogP contribution in [0.1, 0.15) is 0 Å². The lowest BCUT2D eigenvalue weighted by molar-refractivity contribution is -0.491. The Morgan fingerprint density at radius 3 is 1.79 bits per heavy atom. The summed E-state index contributed by atoms with van der Waals surface area (Å²) in [4.78, 5) is 0. The zero-order valence-corrected chi connectivity index (χ0v) is 13.9. The van der Waals surface area contributed by atoms with E-state index in [1.165, 1.54) is 0 Å². The van der Waals surface area contributed by atoms with Crippen LogP contribution in [0.4, 0.5) is 13.2 Å². The van der Waals surface area contributed by atoms with Gasteiger partial charge in [-0.3, -0.25) is 0 Å². The van der Waals surface area contributed by atoms with Crippen molar-refractivity contribution in [1.82, 2.24) is 0 Å². The molecule has 2 aliphatic heterocycles. The molecular weight excluding hydrogens is 405 g/mol. The van der Waals surface area contributed by atoms with Gasteiger partial charge in [-0.15, -0.1) is 0 Å². The summed E-state index contributed by atoms with van der Waals surface area (Å²) < 4.78 is 52.8. The van der Waals surface area contributed by atoms with Gasteiger partial charge < -0.3 is 60.2 Å². The van der Waals surface area contributed by atoms with Gasteiger partial charge in [-0.05, 0) is 0 Å². The minimum Gasteiger partial charge on any atom is -0.394 e. The van der Waals surface area contributed by atoms with Crippen LogP contribution in [0.15, 0.2) is 0 Å². The van der Waals surface area contributed by atoms with E-state index in [2.05, 4.69) is 4.74 Å². The van der Waals surface area contributed by atoms with Crippen LogP contribution in [-0.4, -0.2) is 126 Å². The average Bonchev–Trinajstić information content (AvgIpc) is 2.62. The third-order valence-corrected chi connectivity index (χ3v) is 4.58. The molecular formula is C13H21F3O12. The van der Waals surface area contributed by atoms with Crippen molar-refractivity contribution < 1.29 is 73.3 Å². The van der Waals surface area contributed by atoms with Crippen molar-refractivity contribution >= 4 is 0 Å². The Morgan fingerprint density at radius 2 is 1.32 bits per heavy atom. The molecule has 0 aromatic heterocycles. The van der Waals surface area contributed by atoms with Crippen molar-refractivity contribution in [3.05, 3.63) is 0 Å². The highest BCUT2D eigenvalue weighted by Crippen LogP contribution is 2.42. The van der Waals surface area contributed by atoms with E-state index in [1.54, 1.807) is 0 Å². The Balaban J connectivity index is 2.31. The number of halogens is 3. The summed E-state index contributed by atoms with van der Waals surface area (Å²) in [5, 5.41) is 87.1. The van der Waals surface area contributed by atoms with Gasteiger partial charge in [0.2, 0.25) is 0 Å². The van der Waals surface area contributed by atoms with E-state index >= 15 is 0 Å². The normalized spacial score (nSPS) is 50.6. The van der Waals surface area contributed by atoms with E-state index in [0.29, 0.717) is 0 Å². The monoisotopic (exact) mass is 426 g/mol. The van der Waals surface area contributed by atoms with Crippen molar-refractivity contribution in [2.45, 2.75) is 66.8 Å². The average molecular weight is 426 g/mol. The van der Waals surface area contributed by atoms with Crippen LogP contribution in [0, 0.1) is 0 Å². The van der Waals surface area contributed by atoms with Gasteiger partial charge in [0, 0.05) is 0 Å². The van der Waals surface area contributed by atoms with Crippen molar-refractivity contribution in [2.75, 3.05) is 13.2 Å². The van der Waals surface area contributed by atoms with Gasteiger partial charge in [-0.1, -0.05) is 0 Å². The largest absolute Gasteiger partial charge is 0.446 e. The standard InChI is InChI=1S/C13H21F3O12/c14-13(15,16)11(24)9(22)7(21)8(4(2-18)26-11)28-12(25)10(23)6(20)5(19)3(1-17)27-12/h3-10,17-25H,1-2H2. The van der Waals surface area contributed by atoms with E-state index in [0.717, 1.165) is 0 Å². The second-order valence-electron chi connectivity index (χ2n) is 6.45. The molecule has 2 aliphatic rings. The number of aliphatic hydroxyl groups is 9. The molecule has 2 heterocycles. The molecule has 0 aromatic carbocycles. The Hall–Kier alpha value is -0.690. The maximum atomic E-state index is 13.0. The van der Waals surface area contributed by atoms with Crippen LogP contribution >= 0.6 is 0 Å². The molecule has 9 N–H and O–H groups in total. The van der Waals surface area contributed by atoms with Gasteiger partial charge in [0.05, 0.1) is 13.2 Å². The van der Waals surface area contributed by atoms with Crippen LogP contribution in [0.5, 0.6) is 0 Å². The predicted octanol–water partition coefficient (Wildman–Crippen LogP) is -5.14. The summed E-state index contributed by atoms with van der Waals surface area (Å²) in [6.07, 6.45) is -24.0. The lowest BCUT2D eigenvalue weighted by Crippen LogP contribution is -2.73. The molecule has 28 heavy (non-hydrogen) atoms. The van der Waals surface area contributed by atoms with Gasteiger partial charge in [0.25, 0.3) is 5.79 Å². The molecule has 0 spiro atoms. The summed E-state index contributed by atoms with van der Waals surface area (Å²) in [6.45, 7) is -2.33. The Bertz CT molecular complexity index is 547. The van der Waals surface area contributed by atoms with E-state index < -0.39 is 80.0 Å². The molecule has 2 saturated heterocycles. The fraction of sp³-hybridized carbons (Fsp3) is 1.00. The number of rotatable bonds is 4. The van der Waals surface area contributed by atoms with E-state index in [1.807, 2.05) is 0 Å². The molecule has 2 rings (SSSR count). The molecule has 15 heteroatoms. The van der Waals surface area contributed by atoms with Crippen LogP contribution < -0.4 is 0 Å². The third-order valence-electron chi connectivity index (χ3n) is 4.58. The molecule has 0 amide bonds. The van der Waals surface area contributed by atoms with Crippen LogP contribution in [0.2, 0.25) is 0 Å². The lowest BCUT2D eigenvalue weighted by atomic mass is 9.91. The van der Waals surface area contributed by atoms with E-state index in [-0.39, 0.29) is 0 Å². The molecule has 0 bridgehead atoms. The zero-order valence-electron chi connectivity index (χ0n) is 13.9. The second-order valence-corrected chi connectivity index (χ2v) is 6.45. The Kier molecular flexibility index (Phi) is 6.62. The number of hydrogen-bond acceptors (Lipinski definition) is 12. The fourth-order valence-electron chi connectivity index (χ4n) is 2.94. The topological polar surface area (TPSA) is 210 Å². The quantitative estimate of drug-likeness (QED) is 0.193. The first-order valence-corrected chi connectivity index (χ1v) is 7.90. The highest BCUT2D eigenvalue weighted by atomic mass is 19.4. The molecule has 166 valence electrons. The Labute approximate surface area is 154 Å². The molecule has 10 unspecified atom stereocenters. The number of aliphatic hydroxyl groups excluding tert-OH is 7. The van der Waals surface area contributed by atoms with Crippen molar-refractivity contribution in [3.63, 3.8) is 0 Å². The van der Waals surface area contributed by atoms with Gasteiger partial charge in [0.15, 0.2) is 6.10 Å². The number of alkyl halides is 3. The molecule has 0 aromatic rings. The summed E-state index contributed by atoms with van der Waals surface area (Å²) in [7, 11) is 0. The molecule has 0 saturated carbocycles. The maximum absolute atomic E-state index is 13.0. The molecule has 2 fully saturated rings. The van der Waals surface area contributed by atoms with Crippen molar-refractivity contribution in [3.8, 4) is 0 Å². The first-order chi connectivity index (χ1) is 12.7. The summed E-state index contributed by atoms with van der Waals surface area (Å²) in [5.74, 6) is -7.61. The maximum Gasteiger partial charge on any atom is 0.446 e. The van der Waals surface area contributed by atoms with Gasteiger partial charge in [-0.2, -0.15) is 13.2 Å². The highest BCUT2D eigenvalue weighted by Gasteiger charge is 2.68. The van der Waals surface area contributed by atoms with E-state index in [9.17, 15) is 54.0 Å². The fourth-order valence-corrected chi connectivity index (χ4v) is 2.94. The van der Waals surface area contributed by atoms with Crippen LogP contribution in [-0.2, 0) is 14.2 Å². The second kappa shape index (κ2) is 7.86. The predicted molar refractivity (Wildman–Crippen MR) is 74.8 cm³/mol. The first kappa shape index (κ1) is 23.6. The SMILES string of the molecule is OCC1OC(O)(OC2C(CO)OC(O)(C(F)(F)F)C(O)C2O)C(O)C(O)C1O. The van der Waals surface area contributed by atoms with Crippen LogP contribution in [0.3, 0.4) is 0 Å². The lowest BCUT2D eigenvalue weighted by Gasteiger charge is -2.51. The minimum absolute atomic E-state index is 1.000. The minimum atomic E-state index is -5.61. The molecule has 0 aliphatic carbocycles. The Morgan fingerprint density at radius 1 is 0.786 bits per heavy atom. The first-order valence-electron chi connectivity index (χ1n) is 7.90. The summed E-state index contributed by atoms with van der Waals surface area (Å²) >= 11 is 0. The van der Waals surface area contributed by atoms with Crippen molar-refractivity contribution in [2.24, 2.45) is 0 Å². The third kappa shape index (κ3) is 3.73. The highest BCUT2D eigenvalue weighted by molar-refractivity contribution is 5.02. The summed E-state index contributed by atoms with van der Waals surface area (Å²) in [5.41, 5.74) is 0. The van der Waals surface area contributed by atoms with Crippen molar-refractivity contribution in [1.29, 1.82) is 0 Å². The van der Waals surface area contributed by atoms with E-state index in [4.69, 9.17) is 14.6 Å². The van der Waals surface area contributed by atoms with Gasteiger partial charge in [0.1, 0.15) is 42.7 Å². The summed E-state index contributed by atoms with van der Waals surface area (Å²) in [6, 6.07) is 0.